The second-order valence-electron chi connectivity index (χ2n) is 7.42. The van der Waals surface area contributed by atoms with Crippen molar-refractivity contribution in [3.8, 4) is 28.2 Å². The zero-order chi connectivity index (χ0) is 24.3. The van der Waals surface area contributed by atoms with Gasteiger partial charge in [-0.15, -0.1) is 0 Å². The van der Waals surface area contributed by atoms with Gasteiger partial charge in [-0.3, -0.25) is 14.4 Å². The van der Waals surface area contributed by atoms with Crippen LogP contribution < -0.4 is 10.3 Å². The Kier molecular flexibility index (Phi) is 5.14. The number of phenolic OH excluding ortho intramolecular Hbond substituents is 1. The zero-order valence-corrected chi connectivity index (χ0v) is 20.0. The van der Waals surface area contributed by atoms with Gasteiger partial charge in [0.1, 0.15) is 26.1 Å². The van der Waals surface area contributed by atoms with Crippen LogP contribution in [0.4, 0.5) is 5.69 Å². The number of anilines is 1. The van der Waals surface area contributed by atoms with Crippen LogP contribution in [0.2, 0.25) is 0 Å². The summed E-state index contributed by atoms with van der Waals surface area (Å²) in [6.45, 7) is 0. The Bertz CT molecular complexity index is 1610. The molecule has 0 atom stereocenters. The van der Waals surface area contributed by atoms with E-state index in [0.717, 1.165) is 4.90 Å². The van der Waals surface area contributed by atoms with Crippen LogP contribution in [-0.4, -0.2) is 28.0 Å². The lowest BCUT2D eigenvalue weighted by molar-refractivity contribution is -0.120. The fourth-order valence-corrected chi connectivity index (χ4v) is 4.62. The highest BCUT2D eigenvalue weighted by molar-refractivity contribution is 9.14. The van der Waals surface area contributed by atoms with Crippen LogP contribution in [0.1, 0.15) is 10.4 Å². The fourth-order valence-electron chi connectivity index (χ4n) is 3.93. The molecule has 168 valence electrons. The van der Waals surface area contributed by atoms with E-state index in [0.29, 0.717) is 16.5 Å². The lowest BCUT2D eigenvalue weighted by Gasteiger charge is -2.19. The molecule has 0 spiro atoms. The van der Waals surface area contributed by atoms with Crippen LogP contribution in [0, 0.1) is 0 Å². The van der Waals surface area contributed by atoms with E-state index in [2.05, 4.69) is 31.9 Å². The minimum atomic E-state index is -1.29. The highest BCUT2D eigenvalue weighted by atomic mass is 79.9. The zero-order valence-electron chi connectivity index (χ0n) is 16.8. The summed E-state index contributed by atoms with van der Waals surface area (Å²) in [6.07, 6.45) is 0. The van der Waals surface area contributed by atoms with Crippen LogP contribution in [0.3, 0.4) is 0 Å². The van der Waals surface area contributed by atoms with Gasteiger partial charge in [0.25, 0.3) is 11.8 Å². The molecule has 2 aromatic carbocycles. The van der Waals surface area contributed by atoms with Crippen molar-refractivity contribution < 1.29 is 29.0 Å². The summed E-state index contributed by atoms with van der Waals surface area (Å²) in [5.74, 6) is -2.41. The molecule has 0 aromatic heterocycles. The van der Waals surface area contributed by atoms with E-state index < -0.39 is 17.8 Å². The summed E-state index contributed by atoms with van der Waals surface area (Å²) in [7, 11) is 0. The van der Waals surface area contributed by atoms with Gasteiger partial charge < -0.3 is 14.6 Å². The van der Waals surface area contributed by atoms with E-state index in [1.165, 1.54) is 48.5 Å². The Hall–Kier alpha value is -3.76. The molecule has 2 aromatic rings. The lowest BCUT2D eigenvalue weighted by Crippen LogP contribution is -2.31. The Labute approximate surface area is 207 Å². The first-order chi connectivity index (χ1) is 16.2. The Balaban J connectivity index is 1.80. The summed E-state index contributed by atoms with van der Waals surface area (Å²) < 4.78 is 5.88. The SMILES string of the molecule is O=C(O)c1cc(N2C(=O)C(Br)=C(Br)C2=O)ccc1-c1c2ccc(=O)cc-2oc2cc(O)ccc12. The van der Waals surface area contributed by atoms with Crippen molar-refractivity contribution >= 4 is 66.3 Å². The predicted molar refractivity (Wildman–Crippen MR) is 131 cm³/mol. The first kappa shape index (κ1) is 22.1. The first-order valence-corrected chi connectivity index (χ1v) is 11.3. The minimum absolute atomic E-state index is 0.0355. The van der Waals surface area contributed by atoms with Gasteiger partial charge in [-0.1, -0.05) is 6.07 Å². The van der Waals surface area contributed by atoms with Crippen LogP contribution in [-0.2, 0) is 9.59 Å². The van der Waals surface area contributed by atoms with Crippen LogP contribution >= 0.6 is 31.9 Å². The number of hydrogen-bond acceptors (Lipinski definition) is 6. The van der Waals surface area contributed by atoms with Crippen molar-refractivity contribution in [2.45, 2.75) is 0 Å². The number of carboxylic acid groups (broad SMARTS) is 1. The van der Waals surface area contributed by atoms with Gasteiger partial charge in [0.15, 0.2) is 5.43 Å². The topological polar surface area (TPSA) is 125 Å². The maximum Gasteiger partial charge on any atom is 0.336 e. The van der Waals surface area contributed by atoms with Crippen molar-refractivity contribution in [2.24, 2.45) is 0 Å². The summed E-state index contributed by atoms with van der Waals surface area (Å²) >= 11 is 6.12. The van der Waals surface area contributed by atoms with E-state index in [4.69, 9.17) is 4.42 Å². The smallest absolute Gasteiger partial charge is 0.336 e. The predicted octanol–water partition coefficient (Wildman–Crippen LogP) is 4.84. The molecule has 0 saturated heterocycles. The number of fused-ring (bicyclic) bond motifs is 2. The molecule has 1 aliphatic carbocycles. The maximum atomic E-state index is 12.5. The molecule has 2 heterocycles. The third-order valence-electron chi connectivity index (χ3n) is 5.41. The summed E-state index contributed by atoms with van der Waals surface area (Å²) in [6, 6.07) is 12.7. The summed E-state index contributed by atoms with van der Waals surface area (Å²) in [4.78, 5) is 50.2. The van der Waals surface area contributed by atoms with Gasteiger partial charge in [0, 0.05) is 28.6 Å². The number of aromatic carboxylic acids is 1. The number of benzene rings is 3. The van der Waals surface area contributed by atoms with Crippen molar-refractivity contribution in [1.29, 1.82) is 0 Å². The molecular weight excluding hydrogens is 574 g/mol. The molecule has 34 heavy (non-hydrogen) atoms. The van der Waals surface area contributed by atoms with E-state index >= 15 is 0 Å². The second kappa shape index (κ2) is 7.93. The summed E-state index contributed by atoms with van der Waals surface area (Å²) in [5, 5.41) is 20.4. The summed E-state index contributed by atoms with van der Waals surface area (Å²) in [5.41, 5.74) is 1.06. The van der Waals surface area contributed by atoms with Gasteiger partial charge in [-0.25, -0.2) is 9.69 Å². The third kappa shape index (κ3) is 3.34. The van der Waals surface area contributed by atoms with Gasteiger partial charge in [0.2, 0.25) is 0 Å². The average Bonchev–Trinajstić information content (AvgIpc) is 2.99. The number of carboxylic acids is 1. The number of amides is 2. The molecular formula is C24H11Br2NO7. The highest BCUT2D eigenvalue weighted by Gasteiger charge is 2.37. The average molecular weight is 585 g/mol. The molecule has 0 radical (unpaired) electrons. The standard InChI is InChI=1S/C24H11Br2NO7/c25-20-21(26)23(31)27(22(20)30)10-1-4-13(16(7-10)24(32)33)19-14-5-2-11(28)8-17(14)34-18-9-12(29)3-6-15(18)19/h1-9,28H,(H,32,33). The van der Waals surface area contributed by atoms with Crippen molar-refractivity contribution in [1.82, 2.24) is 0 Å². The first-order valence-electron chi connectivity index (χ1n) is 9.68. The molecule has 0 bridgehead atoms. The van der Waals surface area contributed by atoms with Crippen LogP contribution in [0.5, 0.6) is 5.75 Å². The van der Waals surface area contributed by atoms with Crippen LogP contribution in [0.25, 0.3) is 33.4 Å². The monoisotopic (exact) mass is 583 g/mol. The minimum Gasteiger partial charge on any atom is -0.508 e. The van der Waals surface area contributed by atoms with Gasteiger partial charge in [-0.05, 0) is 73.8 Å². The number of rotatable bonds is 3. The molecule has 3 aliphatic rings. The molecule has 5 rings (SSSR count). The highest BCUT2D eigenvalue weighted by Crippen LogP contribution is 2.43. The van der Waals surface area contributed by atoms with E-state index in [-0.39, 0.29) is 48.3 Å². The molecule has 10 heteroatoms. The number of hydrogen-bond donors (Lipinski definition) is 2. The number of aromatic hydroxyl groups is 1. The van der Waals surface area contributed by atoms with E-state index in [1.807, 2.05) is 0 Å². The number of halogens is 2. The quantitative estimate of drug-likeness (QED) is 0.261. The van der Waals surface area contributed by atoms with Crippen molar-refractivity contribution in [2.75, 3.05) is 4.90 Å². The molecule has 0 fully saturated rings. The Morgan fingerprint density at radius 2 is 1.53 bits per heavy atom. The van der Waals surface area contributed by atoms with Crippen molar-refractivity contribution in [3.63, 3.8) is 0 Å². The molecule has 0 unspecified atom stereocenters. The number of carbonyl (C=O) groups is 3. The third-order valence-corrected chi connectivity index (χ3v) is 7.42. The van der Waals surface area contributed by atoms with Crippen LogP contribution in [0.15, 0.2) is 72.8 Å². The number of carbonyl (C=O) groups excluding carboxylic acids is 2. The van der Waals surface area contributed by atoms with Gasteiger partial charge in [0.05, 0.1) is 11.3 Å². The Morgan fingerprint density at radius 3 is 2.21 bits per heavy atom. The second-order valence-corrected chi connectivity index (χ2v) is 9.01. The maximum absolute atomic E-state index is 12.5. The van der Waals surface area contributed by atoms with E-state index in [9.17, 15) is 29.4 Å². The van der Waals surface area contributed by atoms with Crippen molar-refractivity contribution in [3.05, 3.63) is 79.3 Å². The molecule has 2 aliphatic heterocycles. The normalized spacial score (nSPS) is 14.0. The molecule has 8 nitrogen and oxygen atoms in total. The largest absolute Gasteiger partial charge is 0.508 e. The Morgan fingerprint density at radius 1 is 0.853 bits per heavy atom. The van der Waals surface area contributed by atoms with E-state index in [1.54, 1.807) is 6.07 Å². The molecule has 2 N–H and O–H groups in total. The molecule has 0 saturated carbocycles. The molecule has 2 amide bonds. The number of phenols is 1. The number of nitrogens with zero attached hydrogens (tertiary/aromatic N) is 1. The number of imide groups is 1. The van der Waals surface area contributed by atoms with Gasteiger partial charge >= 0.3 is 5.97 Å². The lowest BCUT2D eigenvalue weighted by atomic mass is 9.90. The fraction of sp³-hybridized carbons (Fsp3) is 0. The van der Waals surface area contributed by atoms with Gasteiger partial charge in [-0.2, -0.15) is 0 Å².